The summed E-state index contributed by atoms with van der Waals surface area (Å²) in [4.78, 5) is 15.1. The van der Waals surface area contributed by atoms with E-state index in [9.17, 15) is 4.79 Å². The van der Waals surface area contributed by atoms with Crippen molar-refractivity contribution in [1.82, 2.24) is 4.90 Å². The summed E-state index contributed by atoms with van der Waals surface area (Å²) in [6.45, 7) is 7.91. The van der Waals surface area contributed by atoms with Crippen molar-refractivity contribution in [3.63, 3.8) is 0 Å². The van der Waals surface area contributed by atoms with E-state index in [2.05, 4.69) is 47.9 Å². The molecule has 0 saturated heterocycles. The smallest absolute Gasteiger partial charge is 0.304 e. The molecule has 0 fully saturated rings. The van der Waals surface area contributed by atoms with Gasteiger partial charge in [0.1, 0.15) is 0 Å². The van der Waals surface area contributed by atoms with E-state index >= 15 is 0 Å². The average Bonchev–Trinajstić information content (AvgIpc) is 2.45. The summed E-state index contributed by atoms with van der Waals surface area (Å²) in [7, 11) is 1.96. The van der Waals surface area contributed by atoms with Gasteiger partial charge in [0.2, 0.25) is 0 Å². The summed E-state index contributed by atoms with van der Waals surface area (Å²) in [5, 5.41) is 8.73. The summed E-state index contributed by atoms with van der Waals surface area (Å²) in [5.74, 6) is -0.743. The zero-order chi connectivity index (χ0) is 15.7. The van der Waals surface area contributed by atoms with Crippen LogP contribution in [0.2, 0.25) is 0 Å². The second kappa shape index (κ2) is 9.40. The van der Waals surface area contributed by atoms with Crippen LogP contribution in [0.1, 0.15) is 38.7 Å². The van der Waals surface area contributed by atoms with Crippen LogP contribution in [0.15, 0.2) is 24.3 Å². The zero-order valence-electron chi connectivity index (χ0n) is 13.5. The molecule has 1 aromatic rings. The average molecular weight is 292 g/mol. The van der Waals surface area contributed by atoms with E-state index in [1.165, 1.54) is 11.3 Å². The first kappa shape index (κ1) is 17.5. The van der Waals surface area contributed by atoms with Gasteiger partial charge in [0.05, 0.1) is 6.42 Å². The molecule has 0 atom stereocenters. The summed E-state index contributed by atoms with van der Waals surface area (Å²) in [6, 6.07) is 8.58. The lowest BCUT2D eigenvalue weighted by Crippen LogP contribution is -2.25. The number of carbonyl (C=O) groups is 1. The molecule has 0 aliphatic rings. The maximum absolute atomic E-state index is 10.6. The number of aliphatic carboxylic acids is 1. The SMILES string of the molecule is CCCN(CCC)c1cccc(CN(C)CCC(=O)O)c1. The second-order valence-corrected chi connectivity index (χ2v) is 5.54. The predicted octanol–water partition coefficient (Wildman–Crippen LogP) is 3.22. The van der Waals surface area contributed by atoms with Crippen molar-refractivity contribution < 1.29 is 9.90 Å². The third kappa shape index (κ3) is 6.63. The van der Waals surface area contributed by atoms with Gasteiger partial charge in [-0.05, 0) is 37.6 Å². The summed E-state index contributed by atoms with van der Waals surface area (Å²) in [5.41, 5.74) is 2.50. The minimum Gasteiger partial charge on any atom is -0.481 e. The molecule has 0 spiro atoms. The molecule has 0 saturated carbocycles. The van der Waals surface area contributed by atoms with Crippen molar-refractivity contribution in [2.45, 2.75) is 39.7 Å². The summed E-state index contributed by atoms with van der Waals surface area (Å²) < 4.78 is 0. The van der Waals surface area contributed by atoms with Crippen LogP contribution in [0.25, 0.3) is 0 Å². The minimum absolute atomic E-state index is 0.188. The lowest BCUT2D eigenvalue weighted by molar-refractivity contribution is -0.137. The van der Waals surface area contributed by atoms with Crippen molar-refractivity contribution in [1.29, 1.82) is 0 Å². The molecular weight excluding hydrogens is 264 g/mol. The van der Waals surface area contributed by atoms with Crippen molar-refractivity contribution >= 4 is 11.7 Å². The Morgan fingerprint density at radius 1 is 1.14 bits per heavy atom. The van der Waals surface area contributed by atoms with Gasteiger partial charge in [0, 0.05) is 31.9 Å². The fourth-order valence-corrected chi connectivity index (χ4v) is 2.44. The maximum atomic E-state index is 10.6. The number of carboxylic acids is 1. The maximum Gasteiger partial charge on any atom is 0.304 e. The standard InChI is InChI=1S/C17H28N2O2/c1-4-10-19(11-5-2)16-8-6-7-15(13-16)14-18(3)12-9-17(20)21/h6-8,13H,4-5,9-12,14H2,1-3H3,(H,20,21). The van der Waals surface area contributed by atoms with E-state index in [0.29, 0.717) is 6.54 Å². The van der Waals surface area contributed by atoms with Crippen molar-refractivity contribution in [2.75, 3.05) is 31.6 Å². The number of carboxylic acid groups (broad SMARTS) is 1. The van der Waals surface area contributed by atoms with Crippen LogP contribution in [0.4, 0.5) is 5.69 Å². The van der Waals surface area contributed by atoms with Crippen LogP contribution in [-0.2, 0) is 11.3 Å². The normalized spacial score (nSPS) is 10.9. The number of nitrogens with zero attached hydrogens (tertiary/aromatic N) is 2. The van der Waals surface area contributed by atoms with Crippen molar-refractivity contribution in [3.05, 3.63) is 29.8 Å². The molecule has 4 nitrogen and oxygen atoms in total. The molecule has 4 heteroatoms. The van der Waals surface area contributed by atoms with Gasteiger partial charge in [-0.25, -0.2) is 0 Å². The monoisotopic (exact) mass is 292 g/mol. The Labute approximate surface area is 128 Å². The van der Waals surface area contributed by atoms with Crippen LogP contribution >= 0.6 is 0 Å². The van der Waals surface area contributed by atoms with Gasteiger partial charge in [0.25, 0.3) is 0 Å². The van der Waals surface area contributed by atoms with Gasteiger partial charge in [-0.1, -0.05) is 26.0 Å². The van der Waals surface area contributed by atoms with E-state index in [0.717, 1.165) is 32.5 Å². The first-order valence-corrected chi connectivity index (χ1v) is 7.81. The molecular formula is C17H28N2O2. The first-order valence-electron chi connectivity index (χ1n) is 7.81. The lowest BCUT2D eigenvalue weighted by Gasteiger charge is -2.25. The Hall–Kier alpha value is -1.55. The minimum atomic E-state index is -0.743. The van der Waals surface area contributed by atoms with Crippen LogP contribution in [0.5, 0.6) is 0 Å². The molecule has 0 bridgehead atoms. The van der Waals surface area contributed by atoms with Gasteiger partial charge in [-0.3, -0.25) is 4.79 Å². The third-order valence-corrected chi connectivity index (χ3v) is 3.42. The van der Waals surface area contributed by atoms with E-state index in [1.807, 2.05) is 7.05 Å². The van der Waals surface area contributed by atoms with Gasteiger partial charge in [-0.2, -0.15) is 0 Å². The molecule has 0 radical (unpaired) electrons. The van der Waals surface area contributed by atoms with Gasteiger partial charge < -0.3 is 14.9 Å². The lowest BCUT2D eigenvalue weighted by atomic mass is 10.1. The number of hydrogen-bond donors (Lipinski definition) is 1. The first-order chi connectivity index (χ1) is 10.1. The Bertz CT molecular complexity index is 429. The number of anilines is 1. The molecule has 118 valence electrons. The Balaban J connectivity index is 2.67. The summed E-state index contributed by atoms with van der Waals surface area (Å²) >= 11 is 0. The highest BCUT2D eigenvalue weighted by Gasteiger charge is 2.07. The molecule has 1 aromatic carbocycles. The van der Waals surface area contributed by atoms with Crippen molar-refractivity contribution in [2.24, 2.45) is 0 Å². The van der Waals surface area contributed by atoms with Crippen LogP contribution in [-0.4, -0.2) is 42.7 Å². The fraction of sp³-hybridized carbons (Fsp3) is 0.588. The molecule has 0 heterocycles. The number of hydrogen-bond acceptors (Lipinski definition) is 3. The highest BCUT2D eigenvalue weighted by atomic mass is 16.4. The van der Waals surface area contributed by atoms with E-state index in [-0.39, 0.29) is 6.42 Å². The fourth-order valence-electron chi connectivity index (χ4n) is 2.44. The van der Waals surface area contributed by atoms with Gasteiger partial charge >= 0.3 is 5.97 Å². The second-order valence-electron chi connectivity index (χ2n) is 5.54. The largest absolute Gasteiger partial charge is 0.481 e. The number of benzene rings is 1. The van der Waals surface area contributed by atoms with E-state index in [1.54, 1.807) is 0 Å². The highest BCUT2D eigenvalue weighted by molar-refractivity contribution is 5.66. The molecule has 0 aromatic heterocycles. The Morgan fingerprint density at radius 3 is 2.38 bits per heavy atom. The van der Waals surface area contributed by atoms with Gasteiger partial charge in [0.15, 0.2) is 0 Å². The van der Waals surface area contributed by atoms with Crippen LogP contribution in [0, 0.1) is 0 Å². The molecule has 0 amide bonds. The molecule has 0 aliphatic heterocycles. The van der Waals surface area contributed by atoms with Crippen molar-refractivity contribution in [3.8, 4) is 0 Å². The zero-order valence-corrected chi connectivity index (χ0v) is 13.5. The molecule has 1 rings (SSSR count). The van der Waals surface area contributed by atoms with E-state index < -0.39 is 5.97 Å². The number of rotatable bonds is 10. The molecule has 21 heavy (non-hydrogen) atoms. The third-order valence-electron chi connectivity index (χ3n) is 3.42. The Kier molecular flexibility index (Phi) is 7.83. The highest BCUT2D eigenvalue weighted by Crippen LogP contribution is 2.18. The Morgan fingerprint density at radius 2 is 1.81 bits per heavy atom. The van der Waals surface area contributed by atoms with E-state index in [4.69, 9.17) is 5.11 Å². The quantitative estimate of drug-likeness (QED) is 0.719. The predicted molar refractivity (Wildman–Crippen MR) is 87.8 cm³/mol. The summed E-state index contributed by atoms with van der Waals surface area (Å²) in [6.07, 6.45) is 2.47. The molecule has 0 unspecified atom stereocenters. The molecule has 1 N–H and O–H groups in total. The molecule has 0 aliphatic carbocycles. The van der Waals surface area contributed by atoms with Crippen LogP contribution in [0.3, 0.4) is 0 Å². The topological polar surface area (TPSA) is 43.8 Å². The van der Waals surface area contributed by atoms with Gasteiger partial charge in [-0.15, -0.1) is 0 Å². The van der Waals surface area contributed by atoms with Crippen LogP contribution < -0.4 is 4.90 Å².